The van der Waals surface area contributed by atoms with E-state index in [9.17, 15) is 9.59 Å². The van der Waals surface area contributed by atoms with Crippen LogP contribution in [0.3, 0.4) is 0 Å². The van der Waals surface area contributed by atoms with E-state index in [1.165, 1.54) is 18.2 Å². The Bertz CT molecular complexity index is 401. The van der Waals surface area contributed by atoms with Gasteiger partial charge in [0.1, 0.15) is 0 Å². The van der Waals surface area contributed by atoms with Crippen molar-refractivity contribution in [2.24, 2.45) is 0 Å². The molecule has 1 aromatic carbocycles. The van der Waals surface area contributed by atoms with Gasteiger partial charge in [-0.3, -0.25) is 14.8 Å². The van der Waals surface area contributed by atoms with E-state index in [-0.39, 0.29) is 20.7 Å². The number of benzene rings is 1. The van der Waals surface area contributed by atoms with Crippen LogP contribution in [0.2, 0.25) is 10.0 Å². The van der Waals surface area contributed by atoms with Crippen LogP contribution >= 0.6 is 34.8 Å². The summed E-state index contributed by atoms with van der Waals surface area (Å²) in [6.07, 6.45) is 0. The van der Waals surface area contributed by atoms with E-state index in [1.807, 2.05) is 0 Å². The van der Waals surface area contributed by atoms with Gasteiger partial charge in [-0.05, 0) is 29.8 Å². The highest BCUT2D eigenvalue weighted by Gasteiger charge is 2.19. The average molecular weight is 268 g/mol. The second-order valence-corrected chi connectivity index (χ2v) is 3.72. The van der Waals surface area contributed by atoms with Crippen LogP contribution in [0.4, 0.5) is 4.79 Å². The third-order valence-electron chi connectivity index (χ3n) is 1.47. The molecule has 1 aromatic rings. The van der Waals surface area contributed by atoms with E-state index in [1.54, 1.807) is 0 Å². The number of carbonyl (C=O) groups is 2. The maximum atomic E-state index is 11.3. The Kier molecular flexibility index (Phi) is 3.93. The van der Waals surface area contributed by atoms with Crippen molar-refractivity contribution >= 4 is 46.1 Å². The van der Waals surface area contributed by atoms with E-state index >= 15 is 0 Å². The lowest BCUT2D eigenvalue weighted by atomic mass is 10.2. The van der Waals surface area contributed by atoms with Crippen LogP contribution < -0.4 is 0 Å². The van der Waals surface area contributed by atoms with Crippen LogP contribution in [0, 0.1) is 0 Å². The Morgan fingerprint density at radius 1 is 1.13 bits per heavy atom. The molecule has 0 aromatic heterocycles. The molecule has 0 aliphatic carbocycles. The summed E-state index contributed by atoms with van der Waals surface area (Å²) < 4.78 is 0. The minimum absolute atomic E-state index is 0.0380. The van der Waals surface area contributed by atoms with Gasteiger partial charge in [-0.15, -0.1) is 5.06 Å². The van der Waals surface area contributed by atoms with Crippen LogP contribution in [0.1, 0.15) is 10.4 Å². The number of halogens is 3. The van der Waals surface area contributed by atoms with E-state index < -0.39 is 11.3 Å². The molecule has 0 spiro atoms. The Balaban J connectivity index is 3.06. The van der Waals surface area contributed by atoms with E-state index in [4.69, 9.17) is 40.0 Å². The first-order chi connectivity index (χ1) is 6.91. The molecular weight excluding hydrogens is 264 g/mol. The van der Waals surface area contributed by atoms with Crippen LogP contribution in [0.15, 0.2) is 18.2 Å². The summed E-state index contributed by atoms with van der Waals surface area (Å²) in [4.78, 5) is 21.8. The first kappa shape index (κ1) is 12.3. The molecule has 0 aliphatic heterocycles. The minimum atomic E-state index is -1.31. The fraction of sp³-hybridized carbons (Fsp3) is 0. The molecule has 1 N–H and O–H groups in total. The SMILES string of the molecule is O=C(Cl)N(O)C(=O)c1cc(Cl)cc(Cl)c1. The number of hydrogen-bond donors (Lipinski definition) is 1. The second-order valence-electron chi connectivity index (χ2n) is 2.53. The minimum Gasteiger partial charge on any atom is -0.277 e. The standard InChI is InChI=1S/C8H4Cl3NO3/c9-5-1-4(2-6(10)3-5)7(13)12(15)8(11)14/h1-3,15H. The third kappa shape index (κ3) is 3.07. The molecule has 80 valence electrons. The summed E-state index contributed by atoms with van der Waals surface area (Å²) in [6, 6.07) is 3.90. The van der Waals surface area contributed by atoms with Gasteiger partial charge in [-0.25, -0.2) is 0 Å². The molecule has 0 saturated heterocycles. The van der Waals surface area contributed by atoms with Crippen LogP contribution in [0.25, 0.3) is 0 Å². The van der Waals surface area contributed by atoms with E-state index in [0.29, 0.717) is 0 Å². The molecule has 15 heavy (non-hydrogen) atoms. The van der Waals surface area contributed by atoms with Gasteiger partial charge in [0.15, 0.2) is 0 Å². The maximum absolute atomic E-state index is 11.3. The molecule has 2 amide bonds. The lowest BCUT2D eigenvalue weighted by Gasteiger charge is -2.09. The van der Waals surface area contributed by atoms with E-state index in [2.05, 4.69) is 0 Å². The summed E-state index contributed by atoms with van der Waals surface area (Å²) >= 11 is 16.2. The zero-order valence-corrected chi connectivity index (χ0v) is 9.34. The number of hydrogen-bond acceptors (Lipinski definition) is 3. The smallest absolute Gasteiger partial charge is 0.277 e. The molecule has 0 radical (unpaired) electrons. The Hall–Kier alpha value is -0.810. The third-order valence-corrected chi connectivity index (χ3v) is 2.06. The summed E-state index contributed by atoms with van der Waals surface area (Å²) in [5.74, 6) is -1.00. The summed E-state index contributed by atoms with van der Waals surface area (Å²) in [5, 5.41) is 7.82. The zero-order valence-electron chi connectivity index (χ0n) is 7.08. The summed E-state index contributed by atoms with van der Waals surface area (Å²) in [5.41, 5.74) is -0.0380. The lowest BCUT2D eigenvalue weighted by molar-refractivity contribution is -0.0150. The largest absolute Gasteiger partial charge is 0.347 e. The second kappa shape index (κ2) is 4.81. The topological polar surface area (TPSA) is 57.6 Å². The van der Waals surface area contributed by atoms with Gasteiger partial charge in [-0.2, -0.15) is 0 Å². The molecule has 0 atom stereocenters. The van der Waals surface area contributed by atoms with Crippen molar-refractivity contribution < 1.29 is 14.8 Å². The normalized spacial score (nSPS) is 9.87. The molecule has 0 aliphatic rings. The molecule has 1 rings (SSSR count). The van der Waals surface area contributed by atoms with Crippen molar-refractivity contribution in [1.29, 1.82) is 0 Å². The van der Waals surface area contributed by atoms with Crippen molar-refractivity contribution in [3.05, 3.63) is 33.8 Å². The average Bonchev–Trinajstić information content (AvgIpc) is 2.13. The first-order valence-corrected chi connectivity index (χ1v) is 4.74. The number of hydroxylamine groups is 2. The zero-order chi connectivity index (χ0) is 11.6. The Labute approximate surface area is 99.9 Å². The summed E-state index contributed by atoms with van der Waals surface area (Å²) in [7, 11) is 0. The lowest BCUT2D eigenvalue weighted by Crippen LogP contribution is -2.29. The number of carbonyl (C=O) groups excluding carboxylic acids is 2. The molecule has 4 nitrogen and oxygen atoms in total. The van der Waals surface area contributed by atoms with Crippen LogP contribution in [-0.2, 0) is 0 Å². The molecule has 0 bridgehead atoms. The quantitative estimate of drug-likeness (QED) is 0.368. The van der Waals surface area contributed by atoms with E-state index in [0.717, 1.165) is 0 Å². The molecule has 0 fully saturated rings. The van der Waals surface area contributed by atoms with Crippen molar-refractivity contribution in [3.63, 3.8) is 0 Å². The monoisotopic (exact) mass is 267 g/mol. The number of amides is 2. The molecule has 0 unspecified atom stereocenters. The Morgan fingerprint density at radius 2 is 1.60 bits per heavy atom. The molecule has 0 heterocycles. The van der Waals surface area contributed by atoms with Gasteiger partial charge < -0.3 is 0 Å². The maximum Gasteiger partial charge on any atom is 0.347 e. The van der Waals surface area contributed by atoms with Gasteiger partial charge in [0.05, 0.1) is 0 Å². The highest BCUT2D eigenvalue weighted by Crippen LogP contribution is 2.20. The molecule has 7 heteroatoms. The van der Waals surface area contributed by atoms with Crippen molar-refractivity contribution in [2.45, 2.75) is 0 Å². The fourth-order valence-electron chi connectivity index (χ4n) is 0.879. The van der Waals surface area contributed by atoms with Gasteiger partial charge in [0.25, 0.3) is 5.91 Å². The predicted octanol–water partition coefficient (Wildman–Crippen LogP) is 3.18. The number of rotatable bonds is 1. The molecule has 0 saturated carbocycles. The molecular formula is C8H4Cl3NO3. The van der Waals surface area contributed by atoms with Crippen molar-refractivity contribution in [3.8, 4) is 0 Å². The first-order valence-electron chi connectivity index (χ1n) is 3.60. The fourth-order valence-corrected chi connectivity index (χ4v) is 1.48. The number of nitrogens with zero attached hydrogens (tertiary/aromatic N) is 1. The van der Waals surface area contributed by atoms with Crippen LogP contribution in [0.5, 0.6) is 0 Å². The van der Waals surface area contributed by atoms with Crippen LogP contribution in [-0.4, -0.2) is 21.5 Å². The van der Waals surface area contributed by atoms with Gasteiger partial charge in [-0.1, -0.05) is 23.2 Å². The van der Waals surface area contributed by atoms with Gasteiger partial charge in [0, 0.05) is 15.6 Å². The highest BCUT2D eigenvalue weighted by atomic mass is 35.5. The predicted molar refractivity (Wildman–Crippen MR) is 55.7 cm³/mol. The summed E-state index contributed by atoms with van der Waals surface area (Å²) in [6.45, 7) is 0. The Morgan fingerprint density at radius 3 is 2.00 bits per heavy atom. The van der Waals surface area contributed by atoms with Gasteiger partial charge >= 0.3 is 5.37 Å². The number of imide groups is 1. The van der Waals surface area contributed by atoms with Crippen molar-refractivity contribution in [2.75, 3.05) is 0 Å². The highest BCUT2D eigenvalue weighted by molar-refractivity contribution is 6.63. The van der Waals surface area contributed by atoms with Gasteiger partial charge in [0.2, 0.25) is 0 Å². The van der Waals surface area contributed by atoms with Crippen molar-refractivity contribution in [1.82, 2.24) is 5.06 Å².